The van der Waals surface area contributed by atoms with E-state index in [1.165, 1.54) is 12.4 Å². The van der Waals surface area contributed by atoms with Gasteiger partial charge in [0.2, 0.25) is 0 Å². The Bertz CT molecular complexity index is 1030. The molecule has 0 N–H and O–H groups in total. The molecule has 2 aromatic heterocycles. The van der Waals surface area contributed by atoms with E-state index in [1.807, 2.05) is 25.1 Å². The Morgan fingerprint density at radius 1 is 1.29 bits per heavy atom. The molecule has 1 fully saturated rings. The largest absolute Gasteiger partial charge is 0.486 e. The lowest BCUT2D eigenvalue weighted by molar-refractivity contribution is -0.0367. The van der Waals surface area contributed by atoms with Gasteiger partial charge in [-0.05, 0) is 44.4 Å². The Labute approximate surface area is 172 Å². The van der Waals surface area contributed by atoms with Gasteiger partial charge in [-0.25, -0.2) is 4.68 Å². The number of hydrogen-bond donors (Lipinski definition) is 0. The zero-order valence-corrected chi connectivity index (χ0v) is 16.7. The van der Waals surface area contributed by atoms with E-state index in [9.17, 15) is 5.26 Å². The first-order valence-corrected chi connectivity index (χ1v) is 9.83. The standard InChI is InChI=1S/C20H18Cl2N4O2/c1-12(20-15(21)10-24-11-16(20)22)28-13-5-6-18-14(8-13)17(9-23)25-26(18)19-4-2-3-7-27-19/h5-6,8,10-12,19H,2-4,7H2,1H3. The molecule has 28 heavy (non-hydrogen) atoms. The molecule has 3 aromatic rings. The molecule has 0 spiro atoms. The van der Waals surface area contributed by atoms with E-state index in [2.05, 4.69) is 16.2 Å². The van der Waals surface area contributed by atoms with Crippen LogP contribution in [0.4, 0.5) is 0 Å². The molecule has 0 radical (unpaired) electrons. The summed E-state index contributed by atoms with van der Waals surface area (Å²) in [5.74, 6) is 0.601. The predicted octanol–water partition coefficient (Wildman–Crippen LogP) is 5.45. The Morgan fingerprint density at radius 3 is 2.75 bits per heavy atom. The van der Waals surface area contributed by atoms with Crippen molar-refractivity contribution in [3.63, 3.8) is 0 Å². The molecule has 0 saturated carbocycles. The summed E-state index contributed by atoms with van der Waals surface area (Å²) in [6.45, 7) is 2.57. The van der Waals surface area contributed by atoms with Gasteiger partial charge in [0.25, 0.3) is 0 Å². The second kappa shape index (κ2) is 7.96. The van der Waals surface area contributed by atoms with Crippen molar-refractivity contribution in [1.29, 1.82) is 5.26 Å². The summed E-state index contributed by atoms with van der Waals surface area (Å²) in [6, 6.07) is 7.74. The zero-order valence-electron chi connectivity index (χ0n) is 15.2. The SMILES string of the molecule is CC(Oc1ccc2c(c1)c(C#N)nn2C1CCCCO1)c1c(Cl)cncc1Cl. The molecule has 3 heterocycles. The fourth-order valence-corrected chi connectivity index (χ4v) is 4.16. The van der Waals surface area contributed by atoms with Crippen LogP contribution in [0.2, 0.25) is 10.0 Å². The first-order chi connectivity index (χ1) is 13.6. The molecule has 1 saturated heterocycles. The second-order valence-corrected chi connectivity index (χ2v) is 7.50. The van der Waals surface area contributed by atoms with Crippen LogP contribution in [-0.4, -0.2) is 21.4 Å². The maximum Gasteiger partial charge on any atom is 0.170 e. The molecule has 2 atom stereocenters. The highest BCUT2D eigenvalue weighted by Crippen LogP contribution is 2.34. The fourth-order valence-electron chi connectivity index (χ4n) is 3.48. The molecule has 144 valence electrons. The monoisotopic (exact) mass is 416 g/mol. The minimum Gasteiger partial charge on any atom is -0.486 e. The highest BCUT2D eigenvalue weighted by atomic mass is 35.5. The van der Waals surface area contributed by atoms with Crippen LogP contribution in [0.3, 0.4) is 0 Å². The summed E-state index contributed by atoms with van der Waals surface area (Å²) in [6.07, 6.45) is 5.57. The molecule has 8 heteroatoms. The summed E-state index contributed by atoms with van der Waals surface area (Å²) >= 11 is 12.5. The van der Waals surface area contributed by atoms with Crippen LogP contribution >= 0.6 is 23.2 Å². The average molecular weight is 417 g/mol. The number of aromatic nitrogens is 3. The molecule has 2 unspecified atom stereocenters. The molecule has 0 bridgehead atoms. The third kappa shape index (κ3) is 3.53. The first-order valence-electron chi connectivity index (χ1n) is 9.08. The lowest BCUT2D eigenvalue weighted by Crippen LogP contribution is -2.19. The Kier molecular flexibility index (Phi) is 5.40. The van der Waals surface area contributed by atoms with Crippen molar-refractivity contribution in [3.05, 3.63) is 51.9 Å². The maximum atomic E-state index is 9.52. The van der Waals surface area contributed by atoms with Crippen molar-refractivity contribution in [2.24, 2.45) is 0 Å². The average Bonchev–Trinajstić information content (AvgIpc) is 3.06. The van der Waals surface area contributed by atoms with Crippen LogP contribution in [0.25, 0.3) is 10.9 Å². The topological polar surface area (TPSA) is 73.0 Å². The van der Waals surface area contributed by atoms with Gasteiger partial charge in [-0.3, -0.25) is 4.98 Å². The number of ether oxygens (including phenoxy) is 2. The van der Waals surface area contributed by atoms with E-state index < -0.39 is 0 Å². The van der Waals surface area contributed by atoms with E-state index in [1.54, 1.807) is 4.68 Å². The smallest absolute Gasteiger partial charge is 0.170 e. The van der Waals surface area contributed by atoms with Crippen LogP contribution in [0.15, 0.2) is 30.6 Å². The normalized spacial score (nSPS) is 18.0. The van der Waals surface area contributed by atoms with E-state index in [4.69, 9.17) is 32.7 Å². The number of fused-ring (bicyclic) bond motifs is 1. The minimum atomic E-state index is -0.386. The molecular weight excluding hydrogens is 399 g/mol. The first kappa shape index (κ1) is 19.0. The van der Waals surface area contributed by atoms with E-state index in [0.717, 1.165) is 30.2 Å². The van der Waals surface area contributed by atoms with Crippen LogP contribution in [-0.2, 0) is 4.74 Å². The van der Waals surface area contributed by atoms with Gasteiger partial charge in [-0.15, -0.1) is 0 Å². The van der Waals surface area contributed by atoms with Gasteiger partial charge in [0.1, 0.15) is 17.9 Å². The number of hydrogen-bond acceptors (Lipinski definition) is 5. The van der Waals surface area contributed by atoms with Gasteiger partial charge in [-0.2, -0.15) is 10.4 Å². The number of benzene rings is 1. The molecule has 4 rings (SSSR count). The summed E-state index contributed by atoms with van der Waals surface area (Å²) < 4.78 is 13.7. The third-order valence-electron chi connectivity index (χ3n) is 4.82. The number of nitrogens with zero attached hydrogens (tertiary/aromatic N) is 4. The number of rotatable bonds is 4. The molecule has 6 nitrogen and oxygen atoms in total. The van der Waals surface area contributed by atoms with E-state index in [-0.39, 0.29) is 12.3 Å². The minimum absolute atomic E-state index is 0.140. The van der Waals surface area contributed by atoms with Crippen molar-refractivity contribution >= 4 is 34.1 Å². The van der Waals surface area contributed by atoms with Crippen molar-refractivity contribution in [1.82, 2.24) is 14.8 Å². The Morgan fingerprint density at radius 2 is 2.07 bits per heavy atom. The highest BCUT2D eigenvalue weighted by molar-refractivity contribution is 6.35. The third-order valence-corrected chi connectivity index (χ3v) is 5.42. The number of nitriles is 1. The van der Waals surface area contributed by atoms with Crippen molar-refractivity contribution in [3.8, 4) is 11.8 Å². The van der Waals surface area contributed by atoms with Crippen molar-refractivity contribution in [2.75, 3.05) is 6.61 Å². The summed E-state index contributed by atoms with van der Waals surface area (Å²) in [7, 11) is 0. The molecule has 1 aliphatic heterocycles. The quantitative estimate of drug-likeness (QED) is 0.565. The Hall–Kier alpha value is -2.33. The molecular formula is C20H18Cl2N4O2. The van der Waals surface area contributed by atoms with Gasteiger partial charge in [0.15, 0.2) is 11.9 Å². The summed E-state index contributed by atoms with van der Waals surface area (Å²) in [5.41, 5.74) is 1.87. The summed E-state index contributed by atoms with van der Waals surface area (Å²) in [5, 5.41) is 15.6. The van der Waals surface area contributed by atoms with Crippen molar-refractivity contribution in [2.45, 2.75) is 38.5 Å². The molecule has 0 amide bonds. The maximum absolute atomic E-state index is 9.52. The van der Waals surface area contributed by atoms with Gasteiger partial charge in [-0.1, -0.05) is 23.2 Å². The molecule has 1 aliphatic rings. The Balaban J connectivity index is 1.67. The van der Waals surface area contributed by atoms with Gasteiger partial charge >= 0.3 is 0 Å². The van der Waals surface area contributed by atoms with Crippen LogP contribution < -0.4 is 4.74 Å². The summed E-state index contributed by atoms with van der Waals surface area (Å²) in [4.78, 5) is 3.97. The van der Waals surface area contributed by atoms with Gasteiger partial charge in [0.05, 0.1) is 15.6 Å². The number of pyridine rings is 1. The van der Waals surface area contributed by atoms with E-state index >= 15 is 0 Å². The van der Waals surface area contributed by atoms with Crippen LogP contribution in [0.1, 0.15) is 49.8 Å². The zero-order chi connectivity index (χ0) is 19.7. The number of halogens is 2. The van der Waals surface area contributed by atoms with Gasteiger partial charge < -0.3 is 9.47 Å². The van der Waals surface area contributed by atoms with Crippen molar-refractivity contribution < 1.29 is 9.47 Å². The molecule has 0 aliphatic carbocycles. The van der Waals surface area contributed by atoms with Gasteiger partial charge in [0, 0.05) is 30.0 Å². The lowest BCUT2D eigenvalue weighted by atomic mass is 10.1. The highest BCUT2D eigenvalue weighted by Gasteiger charge is 2.22. The lowest BCUT2D eigenvalue weighted by Gasteiger charge is -2.23. The fraction of sp³-hybridized carbons (Fsp3) is 0.350. The van der Waals surface area contributed by atoms with Crippen LogP contribution in [0.5, 0.6) is 5.75 Å². The predicted molar refractivity (Wildman–Crippen MR) is 107 cm³/mol. The second-order valence-electron chi connectivity index (χ2n) is 6.68. The van der Waals surface area contributed by atoms with E-state index in [0.29, 0.717) is 33.7 Å². The molecule has 1 aromatic carbocycles. The van der Waals surface area contributed by atoms with Crippen LogP contribution in [0, 0.1) is 11.3 Å².